The molecule has 3 rings (SSSR count). The second-order valence-electron chi connectivity index (χ2n) is 6.07. The van der Waals surface area contributed by atoms with E-state index >= 15 is 0 Å². The average Bonchev–Trinajstić information content (AvgIpc) is 3.24. The summed E-state index contributed by atoms with van der Waals surface area (Å²) in [5.41, 5.74) is 0.731. The van der Waals surface area contributed by atoms with Gasteiger partial charge in [-0.05, 0) is 31.4 Å². The van der Waals surface area contributed by atoms with Crippen molar-refractivity contribution in [2.45, 2.75) is 32.2 Å². The number of aromatic amines is 1. The van der Waals surface area contributed by atoms with E-state index in [2.05, 4.69) is 10.3 Å². The lowest BCUT2D eigenvalue weighted by Crippen LogP contribution is -2.47. The van der Waals surface area contributed by atoms with Crippen molar-refractivity contribution in [3.8, 4) is 0 Å². The number of aliphatic carboxylic acids is 1. The second-order valence-corrected chi connectivity index (χ2v) is 6.07. The number of carboxylic acid groups (broad SMARTS) is 1. The summed E-state index contributed by atoms with van der Waals surface area (Å²) in [6.45, 7) is 1.38. The molecule has 1 aromatic heterocycles. The van der Waals surface area contributed by atoms with Crippen LogP contribution < -0.4 is 5.32 Å². The van der Waals surface area contributed by atoms with Crippen LogP contribution in [0.5, 0.6) is 0 Å². The van der Waals surface area contributed by atoms with Crippen molar-refractivity contribution in [2.75, 3.05) is 0 Å². The van der Waals surface area contributed by atoms with Gasteiger partial charge in [-0.1, -0.05) is 18.2 Å². The maximum atomic E-state index is 12.3. The molecular weight excluding hydrogens is 296 g/mol. The van der Waals surface area contributed by atoms with Crippen LogP contribution in [-0.2, 0) is 20.8 Å². The summed E-state index contributed by atoms with van der Waals surface area (Å²) in [4.78, 5) is 38.5. The molecule has 0 aliphatic heterocycles. The van der Waals surface area contributed by atoms with E-state index in [0.29, 0.717) is 12.8 Å². The molecule has 6 heteroatoms. The number of aromatic nitrogens is 1. The van der Waals surface area contributed by atoms with E-state index in [9.17, 15) is 19.5 Å². The van der Waals surface area contributed by atoms with Crippen LogP contribution in [0.2, 0.25) is 0 Å². The van der Waals surface area contributed by atoms with Gasteiger partial charge in [0.15, 0.2) is 0 Å². The SMILES string of the molecule is CC(=O)C1(C(=O)N[C@H](Cc2c[nH]c3ccccc23)C(=O)O)CC1. The Balaban J connectivity index is 1.79. The first-order valence-electron chi connectivity index (χ1n) is 7.54. The molecular formula is C17H18N2O4. The van der Waals surface area contributed by atoms with Gasteiger partial charge in [0.05, 0.1) is 0 Å². The zero-order valence-corrected chi connectivity index (χ0v) is 12.8. The first kappa shape index (κ1) is 15.3. The minimum atomic E-state index is -1.11. The fourth-order valence-corrected chi connectivity index (χ4v) is 2.88. The molecule has 120 valence electrons. The highest BCUT2D eigenvalue weighted by Gasteiger charge is 2.54. The molecule has 1 aromatic carbocycles. The van der Waals surface area contributed by atoms with E-state index in [-0.39, 0.29) is 12.2 Å². The number of benzene rings is 1. The van der Waals surface area contributed by atoms with Gasteiger partial charge in [-0.2, -0.15) is 0 Å². The number of hydrogen-bond donors (Lipinski definition) is 3. The minimum absolute atomic E-state index is 0.166. The van der Waals surface area contributed by atoms with Crippen LogP contribution in [0.25, 0.3) is 10.9 Å². The van der Waals surface area contributed by atoms with Crippen LogP contribution >= 0.6 is 0 Å². The summed E-state index contributed by atoms with van der Waals surface area (Å²) in [7, 11) is 0. The third kappa shape index (κ3) is 2.72. The Morgan fingerprint density at radius 2 is 2.00 bits per heavy atom. The molecule has 0 spiro atoms. The molecule has 1 aliphatic rings. The lowest BCUT2D eigenvalue weighted by Gasteiger charge is -2.18. The van der Waals surface area contributed by atoms with E-state index in [0.717, 1.165) is 16.5 Å². The van der Waals surface area contributed by atoms with E-state index in [1.54, 1.807) is 6.20 Å². The molecule has 1 aliphatic carbocycles. The molecule has 0 bridgehead atoms. The number of ketones is 1. The van der Waals surface area contributed by atoms with Crippen LogP contribution in [0.1, 0.15) is 25.3 Å². The van der Waals surface area contributed by atoms with Crippen LogP contribution in [0.3, 0.4) is 0 Å². The topological polar surface area (TPSA) is 99.3 Å². The number of hydrogen-bond acceptors (Lipinski definition) is 3. The number of H-pyrrole nitrogens is 1. The Bertz CT molecular complexity index is 789. The van der Waals surface area contributed by atoms with Crippen LogP contribution in [0.15, 0.2) is 30.5 Å². The summed E-state index contributed by atoms with van der Waals surface area (Å²) < 4.78 is 0. The van der Waals surface area contributed by atoms with Crippen molar-refractivity contribution in [1.29, 1.82) is 0 Å². The van der Waals surface area contributed by atoms with Crippen molar-refractivity contribution >= 4 is 28.6 Å². The molecule has 0 radical (unpaired) electrons. The van der Waals surface area contributed by atoms with Gasteiger partial charge in [0, 0.05) is 23.5 Å². The van der Waals surface area contributed by atoms with Crippen molar-refractivity contribution in [3.05, 3.63) is 36.0 Å². The van der Waals surface area contributed by atoms with Gasteiger partial charge in [0.2, 0.25) is 5.91 Å². The largest absolute Gasteiger partial charge is 0.480 e. The predicted molar refractivity (Wildman–Crippen MR) is 83.9 cm³/mol. The molecule has 2 aromatic rings. The van der Waals surface area contributed by atoms with Crippen molar-refractivity contribution in [3.63, 3.8) is 0 Å². The standard InChI is InChI=1S/C17H18N2O4/c1-10(20)17(6-7-17)16(23)19-14(15(21)22)8-11-9-18-13-5-3-2-4-12(11)13/h2-5,9,14,18H,6-8H2,1H3,(H,19,23)(H,21,22)/t14-/m1/s1. The molecule has 0 unspecified atom stereocenters. The number of rotatable bonds is 6. The predicted octanol–water partition coefficient (Wildman–Crippen LogP) is 1.65. The Labute approximate surface area is 132 Å². The van der Waals surface area contributed by atoms with Gasteiger partial charge >= 0.3 is 5.97 Å². The molecule has 6 nitrogen and oxygen atoms in total. The van der Waals surface area contributed by atoms with Crippen molar-refractivity contribution < 1.29 is 19.5 Å². The zero-order valence-electron chi connectivity index (χ0n) is 12.8. The number of Topliss-reactive ketones (excluding diaryl/α,β-unsaturated/α-hetero) is 1. The molecule has 1 amide bonds. The van der Waals surface area contributed by atoms with E-state index in [1.807, 2.05) is 24.3 Å². The fraction of sp³-hybridized carbons (Fsp3) is 0.353. The molecule has 23 heavy (non-hydrogen) atoms. The molecule has 1 heterocycles. The summed E-state index contributed by atoms with van der Waals surface area (Å²) in [6, 6.07) is 6.52. The van der Waals surface area contributed by atoms with E-state index < -0.39 is 23.3 Å². The van der Waals surface area contributed by atoms with Crippen LogP contribution in [0, 0.1) is 5.41 Å². The lowest BCUT2D eigenvalue weighted by molar-refractivity contribution is -0.144. The summed E-state index contributed by atoms with van der Waals surface area (Å²) in [5.74, 6) is -1.79. The molecule has 1 fully saturated rings. The number of nitrogens with one attached hydrogen (secondary N) is 2. The Hall–Kier alpha value is -2.63. The maximum Gasteiger partial charge on any atom is 0.326 e. The van der Waals surface area contributed by atoms with Gasteiger partial charge in [-0.15, -0.1) is 0 Å². The average molecular weight is 314 g/mol. The number of carboxylic acids is 1. The van der Waals surface area contributed by atoms with Gasteiger partial charge < -0.3 is 15.4 Å². The molecule has 1 atom stereocenters. The lowest BCUT2D eigenvalue weighted by atomic mass is 9.99. The maximum absolute atomic E-state index is 12.3. The number of carbonyl (C=O) groups excluding carboxylic acids is 2. The first-order valence-corrected chi connectivity index (χ1v) is 7.54. The first-order chi connectivity index (χ1) is 10.9. The zero-order chi connectivity index (χ0) is 16.6. The number of amides is 1. The van der Waals surface area contributed by atoms with Crippen molar-refractivity contribution in [2.24, 2.45) is 5.41 Å². The highest BCUT2D eigenvalue weighted by molar-refractivity contribution is 6.08. The van der Waals surface area contributed by atoms with Crippen molar-refractivity contribution in [1.82, 2.24) is 10.3 Å². The smallest absolute Gasteiger partial charge is 0.326 e. The normalized spacial score (nSPS) is 16.7. The number of para-hydroxylation sites is 1. The second kappa shape index (κ2) is 5.53. The number of carbonyl (C=O) groups is 3. The monoisotopic (exact) mass is 314 g/mol. The van der Waals surface area contributed by atoms with Gasteiger partial charge in [0.1, 0.15) is 17.2 Å². The highest BCUT2D eigenvalue weighted by atomic mass is 16.4. The fourth-order valence-electron chi connectivity index (χ4n) is 2.88. The molecule has 3 N–H and O–H groups in total. The molecule has 0 saturated heterocycles. The quantitative estimate of drug-likeness (QED) is 0.706. The minimum Gasteiger partial charge on any atom is -0.480 e. The third-order valence-corrected chi connectivity index (χ3v) is 4.56. The number of fused-ring (bicyclic) bond motifs is 1. The summed E-state index contributed by atoms with van der Waals surface area (Å²) in [6.07, 6.45) is 2.91. The van der Waals surface area contributed by atoms with Crippen LogP contribution in [0.4, 0.5) is 0 Å². The highest BCUT2D eigenvalue weighted by Crippen LogP contribution is 2.46. The van der Waals surface area contributed by atoms with Gasteiger partial charge in [-0.3, -0.25) is 9.59 Å². The Morgan fingerprint density at radius 3 is 2.61 bits per heavy atom. The molecule has 1 saturated carbocycles. The van der Waals surface area contributed by atoms with Gasteiger partial charge in [0.25, 0.3) is 0 Å². The van der Waals surface area contributed by atoms with E-state index in [1.165, 1.54) is 6.92 Å². The Morgan fingerprint density at radius 1 is 1.30 bits per heavy atom. The third-order valence-electron chi connectivity index (χ3n) is 4.56. The summed E-state index contributed by atoms with van der Waals surface area (Å²) >= 11 is 0. The Kier molecular flexibility index (Phi) is 3.67. The summed E-state index contributed by atoms with van der Waals surface area (Å²) in [5, 5.41) is 12.9. The van der Waals surface area contributed by atoms with Crippen LogP contribution in [-0.4, -0.2) is 33.8 Å². The van der Waals surface area contributed by atoms with E-state index in [4.69, 9.17) is 0 Å². The van der Waals surface area contributed by atoms with Gasteiger partial charge in [-0.25, -0.2) is 4.79 Å².